The monoisotopic (exact) mass is 278 g/mol. The Labute approximate surface area is 107 Å². The lowest BCUT2D eigenvalue weighted by molar-refractivity contribution is 0.673. The summed E-state index contributed by atoms with van der Waals surface area (Å²) in [4.78, 5) is 2.06. The minimum atomic E-state index is -0.705. The molecule has 3 nitrogen and oxygen atoms in total. The van der Waals surface area contributed by atoms with Crippen molar-refractivity contribution < 1.29 is 4.21 Å². The number of anilines is 2. The molecular formula is C10H12Cl2N2OS. The van der Waals surface area contributed by atoms with Crippen LogP contribution in [0.5, 0.6) is 0 Å². The molecule has 1 aliphatic heterocycles. The van der Waals surface area contributed by atoms with Crippen LogP contribution in [0.3, 0.4) is 0 Å². The van der Waals surface area contributed by atoms with Gasteiger partial charge in [-0.15, -0.1) is 0 Å². The summed E-state index contributed by atoms with van der Waals surface area (Å²) in [6.07, 6.45) is 0. The normalized spacial score (nSPS) is 17.8. The van der Waals surface area contributed by atoms with Crippen LogP contribution in [0.4, 0.5) is 11.4 Å². The van der Waals surface area contributed by atoms with E-state index in [0.29, 0.717) is 27.2 Å². The molecule has 2 rings (SSSR count). The molecule has 6 heteroatoms. The van der Waals surface area contributed by atoms with Gasteiger partial charge in [0.05, 0.1) is 15.7 Å². The molecule has 1 saturated heterocycles. The predicted octanol–water partition coefficient (Wildman–Crippen LogP) is 2.14. The molecule has 1 heterocycles. The zero-order valence-electron chi connectivity index (χ0n) is 8.58. The average molecular weight is 279 g/mol. The Bertz CT molecular complexity index is 406. The van der Waals surface area contributed by atoms with Crippen LogP contribution in [-0.4, -0.2) is 28.8 Å². The van der Waals surface area contributed by atoms with Gasteiger partial charge in [0.1, 0.15) is 0 Å². The van der Waals surface area contributed by atoms with Crippen LogP contribution in [0, 0.1) is 0 Å². The van der Waals surface area contributed by atoms with Gasteiger partial charge < -0.3 is 10.6 Å². The topological polar surface area (TPSA) is 46.3 Å². The van der Waals surface area contributed by atoms with E-state index in [0.717, 1.165) is 18.8 Å². The van der Waals surface area contributed by atoms with Crippen LogP contribution in [-0.2, 0) is 10.8 Å². The van der Waals surface area contributed by atoms with Gasteiger partial charge >= 0.3 is 0 Å². The van der Waals surface area contributed by atoms with E-state index in [1.54, 1.807) is 12.1 Å². The van der Waals surface area contributed by atoms with Crippen LogP contribution < -0.4 is 10.6 Å². The molecule has 1 aromatic rings. The first kappa shape index (κ1) is 12.0. The Morgan fingerprint density at radius 3 is 2.19 bits per heavy atom. The zero-order valence-corrected chi connectivity index (χ0v) is 10.9. The highest BCUT2D eigenvalue weighted by Gasteiger charge is 2.20. The quantitative estimate of drug-likeness (QED) is 0.801. The van der Waals surface area contributed by atoms with Crippen molar-refractivity contribution in [3.05, 3.63) is 22.2 Å². The van der Waals surface area contributed by atoms with Gasteiger partial charge in [-0.05, 0) is 12.1 Å². The first-order valence-electron chi connectivity index (χ1n) is 4.92. The Morgan fingerprint density at radius 2 is 1.69 bits per heavy atom. The molecule has 0 aromatic heterocycles. The summed E-state index contributed by atoms with van der Waals surface area (Å²) in [5, 5.41) is 1.11. The SMILES string of the molecule is Nc1cc(Cl)c(N2CCS(=O)CC2)c(Cl)c1. The second-order valence-corrected chi connectivity index (χ2v) is 6.18. The minimum absolute atomic E-state index is 0.553. The van der Waals surface area contributed by atoms with Gasteiger partial charge in [-0.1, -0.05) is 23.2 Å². The molecule has 2 N–H and O–H groups in total. The Hall–Kier alpha value is -0.450. The van der Waals surface area contributed by atoms with Crippen LogP contribution in [0.25, 0.3) is 0 Å². The fourth-order valence-corrected chi connectivity index (χ4v) is 3.54. The average Bonchev–Trinajstić information content (AvgIpc) is 2.19. The number of nitrogens with zero attached hydrogens (tertiary/aromatic N) is 1. The smallest absolute Gasteiger partial charge is 0.0747 e. The summed E-state index contributed by atoms with van der Waals surface area (Å²) in [5.41, 5.74) is 7.00. The van der Waals surface area contributed by atoms with Crippen molar-refractivity contribution >= 4 is 45.4 Å². The number of hydrogen-bond donors (Lipinski definition) is 1. The van der Waals surface area contributed by atoms with E-state index < -0.39 is 10.8 Å². The molecule has 0 unspecified atom stereocenters. The molecule has 0 bridgehead atoms. The van der Waals surface area contributed by atoms with Gasteiger partial charge in [-0.2, -0.15) is 0 Å². The van der Waals surface area contributed by atoms with Crippen molar-refractivity contribution in [2.24, 2.45) is 0 Å². The minimum Gasteiger partial charge on any atom is -0.399 e. The molecular weight excluding hydrogens is 267 g/mol. The molecule has 0 spiro atoms. The highest BCUT2D eigenvalue weighted by atomic mass is 35.5. The third-order valence-electron chi connectivity index (χ3n) is 2.53. The third kappa shape index (κ3) is 2.44. The van der Waals surface area contributed by atoms with E-state index in [1.165, 1.54) is 0 Å². The number of nitrogen functional groups attached to an aromatic ring is 1. The number of halogens is 2. The van der Waals surface area contributed by atoms with Gasteiger partial charge in [-0.3, -0.25) is 4.21 Å². The van der Waals surface area contributed by atoms with Crippen molar-refractivity contribution in [3.63, 3.8) is 0 Å². The summed E-state index contributed by atoms with van der Waals surface area (Å²) in [6.45, 7) is 1.44. The van der Waals surface area contributed by atoms with E-state index >= 15 is 0 Å². The summed E-state index contributed by atoms with van der Waals surface area (Å²) >= 11 is 12.2. The lowest BCUT2D eigenvalue weighted by Crippen LogP contribution is -2.38. The van der Waals surface area contributed by atoms with Gasteiger partial charge in [0.2, 0.25) is 0 Å². The lowest BCUT2D eigenvalue weighted by atomic mass is 10.2. The largest absolute Gasteiger partial charge is 0.399 e. The number of hydrogen-bond acceptors (Lipinski definition) is 3. The molecule has 16 heavy (non-hydrogen) atoms. The number of rotatable bonds is 1. The fraction of sp³-hybridized carbons (Fsp3) is 0.400. The van der Waals surface area contributed by atoms with E-state index in [2.05, 4.69) is 4.90 Å². The maximum atomic E-state index is 11.3. The standard InChI is InChI=1S/C10H12Cl2N2OS/c11-8-5-7(13)6-9(12)10(8)14-1-3-16(15)4-2-14/h5-6H,1-4,13H2. The van der Waals surface area contributed by atoms with Gasteiger partial charge in [0.25, 0.3) is 0 Å². The lowest BCUT2D eigenvalue weighted by Gasteiger charge is -2.30. The maximum Gasteiger partial charge on any atom is 0.0747 e. The Balaban J connectivity index is 2.30. The van der Waals surface area contributed by atoms with E-state index in [1.807, 2.05) is 0 Å². The first-order valence-corrected chi connectivity index (χ1v) is 7.17. The van der Waals surface area contributed by atoms with Crippen molar-refractivity contribution in [2.75, 3.05) is 35.2 Å². The van der Waals surface area contributed by atoms with Crippen LogP contribution in [0.2, 0.25) is 10.0 Å². The molecule has 1 fully saturated rings. The van der Waals surface area contributed by atoms with Crippen LogP contribution in [0.1, 0.15) is 0 Å². The molecule has 0 atom stereocenters. The van der Waals surface area contributed by atoms with Crippen molar-refractivity contribution in [1.29, 1.82) is 0 Å². The molecule has 0 amide bonds. The Morgan fingerprint density at radius 1 is 1.19 bits per heavy atom. The zero-order chi connectivity index (χ0) is 11.7. The first-order chi connectivity index (χ1) is 7.58. The van der Waals surface area contributed by atoms with E-state index in [-0.39, 0.29) is 0 Å². The van der Waals surface area contributed by atoms with Crippen molar-refractivity contribution in [2.45, 2.75) is 0 Å². The van der Waals surface area contributed by atoms with Gasteiger partial charge in [-0.25, -0.2) is 0 Å². The molecule has 0 radical (unpaired) electrons. The summed E-state index contributed by atoms with van der Waals surface area (Å²) in [6, 6.07) is 3.38. The van der Waals surface area contributed by atoms with E-state index in [4.69, 9.17) is 28.9 Å². The molecule has 0 saturated carbocycles. The second-order valence-electron chi connectivity index (χ2n) is 3.67. The van der Waals surface area contributed by atoms with Crippen LogP contribution >= 0.6 is 23.2 Å². The number of nitrogens with two attached hydrogens (primary N) is 1. The summed E-state index contributed by atoms with van der Waals surface area (Å²) < 4.78 is 11.3. The Kier molecular flexibility index (Phi) is 3.62. The fourth-order valence-electron chi connectivity index (χ4n) is 1.75. The highest BCUT2D eigenvalue weighted by Crippen LogP contribution is 2.36. The molecule has 1 aromatic carbocycles. The molecule has 0 aliphatic carbocycles. The summed E-state index contributed by atoms with van der Waals surface area (Å²) in [7, 11) is -0.705. The van der Waals surface area contributed by atoms with Gasteiger partial charge in [0.15, 0.2) is 0 Å². The number of benzene rings is 1. The van der Waals surface area contributed by atoms with E-state index in [9.17, 15) is 4.21 Å². The van der Waals surface area contributed by atoms with Crippen molar-refractivity contribution in [1.82, 2.24) is 0 Å². The highest BCUT2D eigenvalue weighted by molar-refractivity contribution is 7.85. The second kappa shape index (κ2) is 4.82. The van der Waals surface area contributed by atoms with Crippen molar-refractivity contribution in [3.8, 4) is 0 Å². The maximum absolute atomic E-state index is 11.3. The molecule has 88 valence electrons. The predicted molar refractivity (Wildman–Crippen MR) is 71.0 cm³/mol. The van der Waals surface area contributed by atoms with Crippen LogP contribution in [0.15, 0.2) is 12.1 Å². The summed E-state index contributed by atoms with van der Waals surface area (Å²) in [5.74, 6) is 1.33. The van der Waals surface area contributed by atoms with Gasteiger partial charge in [0, 0.05) is 41.1 Å². The third-order valence-corrected chi connectivity index (χ3v) is 4.39. The molecule has 1 aliphatic rings.